The molecule has 8 heteroatoms. The van der Waals surface area contributed by atoms with Crippen LogP contribution in [-0.2, 0) is 9.53 Å². The van der Waals surface area contributed by atoms with Gasteiger partial charge in [-0.2, -0.15) is 0 Å². The Hall–Kier alpha value is -1.80. The number of benzene rings is 1. The second-order valence-corrected chi connectivity index (χ2v) is 7.04. The number of ether oxygens (including phenoxy) is 2. The molecule has 3 N–H and O–H groups in total. The Bertz CT molecular complexity index is 599. The van der Waals surface area contributed by atoms with Crippen molar-refractivity contribution in [2.45, 2.75) is 45.6 Å². The van der Waals surface area contributed by atoms with Crippen LogP contribution >= 0.6 is 15.9 Å². The SMILES string of the molecule is CC(C)(C)OC(=O)CCCCOc1cc(C(N)=O)cc(Br)c1N[O-]. The van der Waals surface area contributed by atoms with E-state index < -0.39 is 11.5 Å². The molecule has 7 nitrogen and oxygen atoms in total. The van der Waals surface area contributed by atoms with Crippen LogP contribution in [-0.4, -0.2) is 24.1 Å². The first-order chi connectivity index (χ1) is 11.1. The molecule has 0 radical (unpaired) electrons. The van der Waals surface area contributed by atoms with E-state index in [1.165, 1.54) is 12.1 Å². The van der Waals surface area contributed by atoms with Crippen LogP contribution in [0.5, 0.6) is 5.75 Å². The predicted molar refractivity (Wildman–Crippen MR) is 94.8 cm³/mol. The normalized spacial score (nSPS) is 11.0. The zero-order chi connectivity index (χ0) is 18.3. The van der Waals surface area contributed by atoms with Gasteiger partial charge in [0.25, 0.3) is 0 Å². The molecule has 0 saturated carbocycles. The van der Waals surface area contributed by atoms with E-state index in [0.717, 1.165) is 0 Å². The van der Waals surface area contributed by atoms with Crippen LogP contribution in [0.15, 0.2) is 16.6 Å². The van der Waals surface area contributed by atoms with Crippen molar-refractivity contribution >= 4 is 33.5 Å². The minimum absolute atomic E-state index is 0.187. The Balaban J connectivity index is 2.53. The number of carbonyl (C=O) groups excluding carboxylic acids is 2. The topological polar surface area (TPSA) is 114 Å². The van der Waals surface area contributed by atoms with Crippen LogP contribution in [0.1, 0.15) is 50.4 Å². The van der Waals surface area contributed by atoms with Crippen LogP contribution < -0.4 is 16.0 Å². The van der Waals surface area contributed by atoms with Gasteiger partial charge in [0.2, 0.25) is 5.91 Å². The van der Waals surface area contributed by atoms with Crippen molar-refractivity contribution in [2.75, 3.05) is 12.1 Å². The van der Waals surface area contributed by atoms with Gasteiger partial charge in [0.15, 0.2) is 0 Å². The second-order valence-electron chi connectivity index (χ2n) is 6.19. The van der Waals surface area contributed by atoms with Crippen LogP contribution in [0.25, 0.3) is 0 Å². The first-order valence-electron chi connectivity index (χ1n) is 7.50. The molecule has 0 aromatic heterocycles. The van der Waals surface area contributed by atoms with Gasteiger partial charge in [-0.3, -0.25) is 9.59 Å². The Kier molecular flexibility index (Phi) is 7.50. The summed E-state index contributed by atoms with van der Waals surface area (Å²) in [5.74, 6) is -0.656. The molecule has 0 bridgehead atoms. The van der Waals surface area contributed by atoms with Crippen LogP contribution in [0.2, 0.25) is 0 Å². The third-order valence-corrected chi connectivity index (χ3v) is 3.52. The van der Waals surface area contributed by atoms with E-state index in [4.69, 9.17) is 15.2 Å². The summed E-state index contributed by atoms with van der Waals surface area (Å²) in [6.07, 6.45) is 1.47. The van der Waals surface area contributed by atoms with Crippen LogP contribution in [0, 0.1) is 5.21 Å². The lowest BCUT2D eigenvalue weighted by molar-refractivity contribution is -0.154. The van der Waals surface area contributed by atoms with E-state index >= 15 is 0 Å². The van der Waals surface area contributed by atoms with Gasteiger partial charge in [0.1, 0.15) is 11.4 Å². The molecular formula is C16H22BrN2O5-. The van der Waals surface area contributed by atoms with E-state index in [0.29, 0.717) is 17.3 Å². The fourth-order valence-corrected chi connectivity index (χ4v) is 2.41. The summed E-state index contributed by atoms with van der Waals surface area (Å²) in [6.45, 7) is 5.73. The van der Waals surface area contributed by atoms with E-state index in [9.17, 15) is 14.8 Å². The number of hydrogen-bond donors (Lipinski definition) is 2. The molecule has 24 heavy (non-hydrogen) atoms. The summed E-state index contributed by atoms with van der Waals surface area (Å²) >= 11 is 3.18. The van der Waals surface area contributed by atoms with Crippen molar-refractivity contribution in [3.63, 3.8) is 0 Å². The lowest BCUT2D eigenvalue weighted by Crippen LogP contribution is -2.23. The number of nitrogens with two attached hydrogens (primary N) is 1. The van der Waals surface area contributed by atoms with Gasteiger partial charge < -0.3 is 25.9 Å². The summed E-state index contributed by atoms with van der Waals surface area (Å²) in [4.78, 5) is 22.9. The highest BCUT2D eigenvalue weighted by molar-refractivity contribution is 9.10. The van der Waals surface area contributed by atoms with Crippen molar-refractivity contribution in [3.05, 3.63) is 27.4 Å². The summed E-state index contributed by atoms with van der Waals surface area (Å²) in [6, 6.07) is 2.85. The van der Waals surface area contributed by atoms with Gasteiger partial charge in [0.05, 0.1) is 12.3 Å². The Morgan fingerprint density at radius 2 is 1.96 bits per heavy atom. The molecule has 0 aliphatic carbocycles. The molecule has 1 amide bonds. The zero-order valence-electron chi connectivity index (χ0n) is 14.0. The second kappa shape index (κ2) is 8.89. The van der Waals surface area contributed by atoms with Crippen molar-refractivity contribution < 1.29 is 19.1 Å². The predicted octanol–water partition coefficient (Wildman–Crippen LogP) is 3.35. The highest BCUT2D eigenvalue weighted by Crippen LogP contribution is 2.34. The first-order valence-corrected chi connectivity index (χ1v) is 8.29. The highest BCUT2D eigenvalue weighted by atomic mass is 79.9. The number of esters is 1. The maximum absolute atomic E-state index is 11.6. The average Bonchev–Trinajstić information content (AvgIpc) is 2.44. The first kappa shape index (κ1) is 20.2. The maximum atomic E-state index is 11.6. The Morgan fingerprint density at radius 3 is 2.50 bits per heavy atom. The van der Waals surface area contributed by atoms with E-state index in [2.05, 4.69) is 15.9 Å². The third kappa shape index (κ3) is 6.76. The van der Waals surface area contributed by atoms with Crippen LogP contribution in [0.4, 0.5) is 5.69 Å². The molecule has 134 valence electrons. The number of nitrogens with one attached hydrogen (secondary N) is 1. The third-order valence-electron chi connectivity index (χ3n) is 2.89. The summed E-state index contributed by atoms with van der Waals surface area (Å²) in [5, 5.41) is 11.0. The number of hydrogen-bond acceptors (Lipinski definition) is 6. The number of halogens is 1. The summed E-state index contributed by atoms with van der Waals surface area (Å²) in [7, 11) is 0. The van der Waals surface area contributed by atoms with E-state index in [1.54, 1.807) is 5.48 Å². The Morgan fingerprint density at radius 1 is 1.29 bits per heavy atom. The highest BCUT2D eigenvalue weighted by Gasteiger charge is 2.16. The van der Waals surface area contributed by atoms with Crippen molar-refractivity contribution in [2.24, 2.45) is 5.73 Å². The van der Waals surface area contributed by atoms with Crippen molar-refractivity contribution in [1.82, 2.24) is 0 Å². The smallest absolute Gasteiger partial charge is 0.306 e. The molecule has 1 aromatic carbocycles. The largest absolute Gasteiger partial charge is 0.761 e. The minimum Gasteiger partial charge on any atom is -0.761 e. The molecule has 1 rings (SSSR count). The molecule has 0 aliphatic rings. The van der Waals surface area contributed by atoms with Gasteiger partial charge in [0, 0.05) is 16.5 Å². The number of unbranched alkanes of at least 4 members (excludes halogenated alkanes) is 1. The molecule has 0 heterocycles. The van der Waals surface area contributed by atoms with Gasteiger partial charge in [-0.1, -0.05) is 0 Å². The fourth-order valence-electron chi connectivity index (χ4n) is 1.88. The van der Waals surface area contributed by atoms with Crippen molar-refractivity contribution in [3.8, 4) is 5.75 Å². The number of primary amides is 1. The fraction of sp³-hybridized carbons (Fsp3) is 0.500. The van der Waals surface area contributed by atoms with Crippen molar-refractivity contribution in [1.29, 1.82) is 0 Å². The molecule has 0 saturated heterocycles. The lowest BCUT2D eigenvalue weighted by Gasteiger charge is -2.19. The number of carbonyl (C=O) groups is 2. The zero-order valence-corrected chi connectivity index (χ0v) is 15.6. The number of amides is 1. The average molecular weight is 402 g/mol. The lowest BCUT2D eigenvalue weighted by atomic mass is 10.2. The molecule has 0 unspecified atom stereocenters. The quantitative estimate of drug-likeness (QED) is 0.392. The summed E-state index contributed by atoms with van der Waals surface area (Å²) in [5.41, 5.74) is 6.92. The standard InChI is InChI=1S/C16H22BrN2O5/c1-16(2,3)24-13(20)6-4-5-7-23-12-9-10(15(18)21)8-11(17)14(12)19-22/h8-9,19H,4-7H2,1-3H3,(H2,18,21)/q-1. The summed E-state index contributed by atoms with van der Waals surface area (Å²) < 4.78 is 11.1. The monoisotopic (exact) mass is 401 g/mol. The number of anilines is 1. The molecule has 0 atom stereocenters. The molecule has 0 spiro atoms. The van der Waals surface area contributed by atoms with Gasteiger partial charge in [-0.25, -0.2) is 0 Å². The molecule has 0 fully saturated rings. The van der Waals surface area contributed by atoms with Crippen LogP contribution in [0.3, 0.4) is 0 Å². The molecule has 0 aliphatic heterocycles. The molecular weight excluding hydrogens is 380 g/mol. The van der Waals surface area contributed by atoms with Gasteiger partial charge in [-0.15, -0.1) is 0 Å². The van der Waals surface area contributed by atoms with E-state index in [-0.39, 0.29) is 36.0 Å². The maximum Gasteiger partial charge on any atom is 0.306 e. The Labute approximate surface area is 149 Å². The van der Waals surface area contributed by atoms with Gasteiger partial charge >= 0.3 is 5.97 Å². The molecule has 1 aromatic rings. The minimum atomic E-state index is -0.622. The van der Waals surface area contributed by atoms with E-state index in [1.807, 2.05) is 20.8 Å². The number of rotatable bonds is 8. The van der Waals surface area contributed by atoms with Gasteiger partial charge in [-0.05, 0) is 61.7 Å².